The van der Waals surface area contributed by atoms with E-state index in [1.54, 1.807) is 7.11 Å². The molecular formula is C16H24N2O3. The van der Waals surface area contributed by atoms with Crippen molar-refractivity contribution in [3.8, 4) is 5.75 Å². The summed E-state index contributed by atoms with van der Waals surface area (Å²) >= 11 is 0. The van der Waals surface area contributed by atoms with E-state index >= 15 is 0 Å². The fourth-order valence-electron chi connectivity index (χ4n) is 2.59. The van der Waals surface area contributed by atoms with Crippen molar-refractivity contribution in [1.82, 2.24) is 0 Å². The maximum absolute atomic E-state index is 12.2. The van der Waals surface area contributed by atoms with E-state index in [1.165, 1.54) is 0 Å². The van der Waals surface area contributed by atoms with Crippen molar-refractivity contribution in [3.63, 3.8) is 0 Å². The van der Waals surface area contributed by atoms with Crippen LogP contribution in [0.3, 0.4) is 0 Å². The molecule has 0 saturated heterocycles. The van der Waals surface area contributed by atoms with Gasteiger partial charge in [0.2, 0.25) is 5.91 Å². The number of carbonyl (C=O) groups excluding carboxylic acids is 1. The van der Waals surface area contributed by atoms with Crippen molar-refractivity contribution in [2.24, 2.45) is 11.7 Å². The van der Waals surface area contributed by atoms with Crippen molar-refractivity contribution in [3.05, 3.63) is 24.3 Å². The molecule has 3 N–H and O–H groups in total. The summed E-state index contributed by atoms with van der Waals surface area (Å²) in [7, 11) is 1.64. The smallest absolute Gasteiger partial charge is 0.227 e. The Morgan fingerprint density at radius 1 is 1.29 bits per heavy atom. The molecule has 0 bridgehead atoms. The fraction of sp³-hybridized carbons (Fsp3) is 0.562. The largest absolute Gasteiger partial charge is 0.491 e. The van der Waals surface area contributed by atoms with Crippen LogP contribution in [-0.4, -0.2) is 32.3 Å². The minimum Gasteiger partial charge on any atom is -0.491 e. The van der Waals surface area contributed by atoms with E-state index in [2.05, 4.69) is 5.32 Å². The number of anilines is 1. The van der Waals surface area contributed by atoms with Crippen LogP contribution in [0.4, 0.5) is 5.69 Å². The highest BCUT2D eigenvalue weighted by Gasteiger charge is 2.25. The summed E-state index contributed by atoms with van der Waals surface area (Å²) in [4.78, 5) is 12.2. The number of hydrogen-bond acceptors (Lipinski definition) is 4. The molecule has 2 unspecified atom stereocenters. The van der Waals surface area contributed by atoms with Gasteiger partial charge in [-0.1, -0.05) is 6.42 Å². The molecule has 1 aromatic carbocycles. The predicted molar refractivity (Wildman–Crippen MR) is 82.4 cm³/mol. The molecule has 1 aliphatic carbocycles. The second-order valence-corrected chi connectivity index (χ2v) is 5.48. The van der Waals surface area contributed by atoms with Crippen LogP contribution >= 0.6 is 0 Å². The van der Waals surface area contributed by atoms with Gasteiger partial charge >= 0.3 is 0 Å². The molecule has 0 aliphatic heterocycles. The van der Waals surface area contributed by atoms with Gasteiger partial charge in [0.25, 0.3) is 0 Å². The molecule has 21 heavy (non-hydrogen) atoms. The number of rotatable bonds is 6. The molecule has 0 radical (unpaired) electrons. The summed E-state index contributed by atoms with van der Waals surface area (Å²) in [6.45, 7) is 1.07. The number of amides is 1. The standard InChI is InChI=1S/C16H24N2O3/c1-20-9-10-21-15-7-5-14(6-8-15)18-16(19)12-3-2-4-13(17)11-12/h5-8,12-13H,2-4,9-11,17H2,1H3,(H,18,19). The zero-order valence-corrected chi connectivity index (χ0v) is 12.5. The monoisotopic (exact) mass is 292 g/mol. The van der Waals surface area contributed by atoms with E-state index in [4.69, 9.17) is 15.2 Å². The van der Waals surface area contributed by atoms with Gasteiger partial charge in [0.05, 0.1) is 6.61 Å². The summed E-state index contributed by atoms with van der Waals surface area (Å²) in [5.74, 6) is 0.870. The van der Waals surface area contributed by atoms with Gasteiger partial charge in [-0.2, -0.15) is 0 Å². The molecule has 1 aliphatic rings. The molecule has 1 fully saturated rings. The quantitative estimate of drug-likeness (QED) is 0.788. The first-order chi connectivity index (χ1) is 10.2. The first-order valence-electron chi connectivity index (χ1n) is 7.47. The summed E-state index contributed by atoms with van der Waals surface area (Å²) in [5.41, 5.74) is 6.72. The van der Waals surface area contributed by atoms with Gasteiger partial charge in [0, 0.05) is 24.8 Å². The molecule has 116 valence electrons. The highest BCUT2D eigenvalue weighted by molar-refractivity contribution is 5.92. The van der Waals surface area contributed by atoms with Gasteiger partial charge in [-0.05, 0) is 43.5 Å². The summed E-state index contributed by atoms with van der Waals surface area (Å²) in [6.07, 6.45) is 3.77. The maximum atomic E-state index is 12.2. The van der Waals surface area contributed by atoms with E-state index < -0.39 is 0 Å². The molecule has 1 saturated carbocycles. The van der Waals surface area contributed by atoms with Gasteiger partial charge in [0.15, 0.2) is 0 Å². The highest BCUT2D eigenvalue weighted by atomic mass is 16.5. The number of hydrogen-bond donors (Lipinski definition) is 2. The zero-order valence-electron chi connectivity index (χ0n) is 12.5. The van der Waals surface area contributed by atoms with Crippen molar-refractivity contribution in [2.45, 2.75) is 31.7 Å². The number of methoxy groups -OCH3 is 1. The maximum Gasteiger partial charge on any atom is 0.227 e. The normalized spacial score (nSPS) is 21.8. The van der Waals surface area contributed by atoms with Gasteiger partial charge in [-0.25, -0.2) is 0 Å². The first-order valence-corrected chi connectivity index (χ1v) is 7.47. The van der Waals surface area contributed by atoms with Crippen LogP contribution in [0.25, 0.3) is 0 Å². The molecule has 0 spiro atoms. The van der Waals surface area contributed by atoms with E-state index in [1.807, 2.05) is 24.3 Å². The fourth-order valence-corrected chi connectivity index (χ4v) is 2.59. The van der Waals surface area contributed by atoms with E-state index in [0.29, 0.717) is 13.2 Å². The molecule has 0 heterocycles. The molecule has 5 nitrogen and oxygen atoms in total. The Morgan fingerprint density at radius 2 is 2.05 bits per heavy atom. The summed E-state index contributed by atoms with van der Waals surface area (Å²) < 4.78 is 10.4. The Hall–Kier alpha value is -1.59. The molecule has 2 rings (SSSR count). The third-order valence-electron chi connectivity index (χ3n) is 3.76. The van der Waals surface area contributed by atoms with Gasteiger partial charge < -0.3 is 20.5 Å². The lowest BCUT2D eigenvalue weighted by Crippen LogP contribution is -2.34. The zero-order chi connectivity index (χ0) is 15.1. The molecule has 2 atom stereocenters. The number of benzene rings is 1. The summed E-state index contributed by atoms with van der Waals surface area (Å²) in [5, 5.41) is 2.95. The SMILES string of the molecule is COCCOc1ccc(NC(=O)C2CCCC(N)C2)cc1. The second-order valence-electron chi connectivity index (χ2n) is 5.48. The van der Waals surface area contributed by atoms with Crippen LogP contribution in [-0.2, 0) is 9.53 Å². The number of nitrogens with two attached hydrogens (primary N) is 1. The number of ether oxygens (including phenoxy) is 2. The van der Waals surface area contributed by atoms with Crippen LogP contribution in [0, 0.1) is 5.92 Å². The topological polar surface area (TPSA) is 73.6 Å². The molecule has 5 heteroatoms. The third kappa shape index (κ3) is 5.02. The van der Waals surface area contributed by atoms with Crippen LogP contribution in [0.5, 0.6) is 5.75 Å². The van der Waals surface area contributed by atoms with Gasteiger partial charge in [-0.3, -0.25) is 4.79 Å². The van der Waals surface area contributed by atoms with Crippen LogP contribution in [0.2, 0.25) is 0 Å². The average Bonchev–Trinajstić information content (AvgIpc) is 2.49. The Balaban J connectivity index is 1.83. The second kappa shape index (κ2) is 8.00. The number of carbonyl (C=O) groups is 1. The van der Waals surface area contributed by atoms with Crippen LogP contribution in [0.1, 0.15) is 25.7 Å². The summed E-state index contributed by atoms with van der Waals surface area (Å²) in [6, 6.07) is 7.55. The lowest BCUT2D eigenvalue weighted by Gasteiger charge is -2.25. The van der Waals surface area contributed by atoms with E-state index in [9.17, 15) is 4.79 Å². The molecule has 1 amide bonds. The lowest BCUT2D eigenvalue weighted by atomic mass is 9.85. The first kappa shape index (κ1) is 15.8. The van der Waals surface area contributed by atoms with E-state index in [-0.39, 0.29) is 17.9 Å². The molecule has 0 aromatic heterocycles. The van der Waals surface area contributed by atoms with Crippen molar-refractivity contribution >= 4 is 11.6 Å². The predicted octanol–water partition coefficient (Wildman–Crippen LogP) is 2.17. The Labute approximate surface area is 125 Å². The van der Waals surface area contributed by atoms with Gasteiger partial charge in [-0.15, -0.1) is 0 Å². The Morgan fingerprint density at radius 3 is 2.71 bits per heavy atom. The molecule has 1 aromatic rings. The van der Waals surface area contributed by atoms with Crippen molar-refractivity contribution in [2.75, 3.05) is 25.6 Å². The minimum atomic E-state index is 0.0337. The Kier molecular flexibility index (Phi) is 6.02. The van der Waals surface area contributed by atoms with Crippen LogP contribution in [0.15, 0.2) is 24.3 Å². The highest BCUT2D eigenvalue weighted by Crippen LogP contribution is 2.25. The average molecular weight is 292 g/mol. The van der Waals surface area contributed by atoms with Crippen molar-refractivity contribution < 1.29 is 14.3 Å². The van der Waals surface area contributed by atoms with Crippen molar-refractivity contribution in [1.29, 1.82) is 0 Å². The molecular weight excluding hydrogens is 268 g/mol. The lowest BCUT2D eigenvalue weighted by molar-refractivity contribution is -0.120. The number of nitrogens with one attached hydrogen (secondary N) is 1. The van der Waals surface area contributed by atoms with Gasteiger partial charge in [0.1, 0.15) is 12.4 Å². The Bertz CT molecular complexity index is 447. The third-order valence-corrected chi connectivity index (χ3v) is 3.76. The van der Waals surface area contributed by atoms with Crippen LogP contribution < -0.4 is 15.8 Å². The van der Waals surface area contributed by atoms with E-state index in [0.717, 1.165) is 37.1 Å². The minimum absolute atomic E-state index is 0.0337.